The number of aliphatic carboxylic acids is 1. The summed E-state index contributed by atoms with van der Waals surface area (Å²) in [4.78, 5) is 15.7. The Morgan fingerprint density at radius 2 is 2.08 bits per heavy atom. The lowest BCUT2D eigenvalue weighted by Crippen LogP contribution is -1.95. The van der Waals surface area contributed by atoms with Crippen molar-refractivity contribution < 1.29 is 19.7 Å². The van der Waals surface area contributed by atoms with Crippen molar-refractivity contribution >= 4 is 50.8 Å². The van der Waals surface area contributed by atoms with Crippen molar-refractivity contribution in [2.75, 3.05) is 7.11 Å². The van der Waals surface area contributed by atoms with E-state index in [1.807, 2.05) is 30.3 Å². The summed E-state index contributed by atoms with van der Waals surface area (Å²) in [5.74, 6) is -0.748. The van der Waals surface area contributed by atoms with Crippen molar-refractivity contribution in [1.82, 2.24) is 4.98 Å². The lowest BCUT2D eigenvalue weighted by molar-refractivity contribution is -0.136. The number of aromatic hydroxyl groups is 1. The third-order valence-corrected chi connectivity index (χ3v) is 5.19. The second-order valence-corrected chi connectivity index (χ2v) is 7.04. The van der Waals surface area contributed by atoms with Gasteiger partial charge in [0.05, 0.1) is 22.3 Å². The van der Waals surface area contributed by atoms with Crippen LogP contribution in [0.1, 0.15) is 23.4 Å². The molecule has 134 valence electrons. The van der Waals surface area contributed by atoms with Crippen molar-refractivity contribution in [2.24, 2.45) is 0 Å². The first-order chi connectivity index (χ1) is 12.5. The molecule has 7 heteroatoms. The molecule has 3 rings (SSSR count). The minimum Gasteiger partial charge on any atom is -0.503 e. The Morgan fingerprint density at radius 3 is 2.77 bits per heavy atom. The fraction of sp³-hybridized carbons (Fsp3) is 0.158. The average molecular weight is 390 g/mol. The van der Waals surface area contributed by atoms with Crippen LogP contribution in [0.3, 0.4) is 0 Å². The molecule has 1 heterocycles. The number of phenolic OH excluding ortho intramolecular Hbond substituents is 1. The monoisotopic (exact) mass is 389 g/mol. The molecule has 0 atom stereocenters. The highest BCUT2D eigenvalue weighted by Gasteiger charge is 2.13. The van der Waals surface area contributed by atoms with E-state index in [4.69, 9.17) is 21.4 Å². The molecular formula is C19H16ClNO4S. The van der Waals surface area contributed by atoms with Gasteiger partial charge < -0.3 is 14.9 Å². The van der Waals surface area contributed by atoms with Crippen LogP contribution >= 0.6 is 22.9 Å². The van der Waals surface area contributed by atoms with Gasteiger partial charge in [0, 0.05) is 6.42 Å². The zero-order valence-corrected chi connectivity index (χ0v) is 15.5. The molecule has 2 N–H and O–H groups in total. The molecule has 0 amide bonds. The molecule has 0 radical (unpaired) electrons. The van der Waals surface area contributed by atoms with Gasteiger partial charge in [-0.15, -0.1) is 11.3 Å². The molecule has 2 aromatic carbocycles. The second kappa shape index (κ2) is 7.76. The highest BCUT2D eigenvalue weighted by atomic mass is 35.5. The molecule has 26 heavy (non-hydrogen) atoms. The van der Waals surface area contributed by atoms with Gasteiger partial charge in [-0.25, -0.2) is 4.98 Å². The summed E-state index contributed by atoms with van der Waals surface area (Å²) in [5.41, 5.74) is 2.36. The molecule has 5 nitrogen and oxygen atoms in total. The molecule has 0 bridgehead atoms. The van der Waals surface area contributed by atoms with E-state index in [0.717, 1.165) is 20.8 Å². The maximum absolute atomic E-state index is 11.0. The van der Waals surface area contributed by atoms with Crippen molar-refractivity contribution in [3.05, 3.63) is 52.0 Å². The minimum atomic E-state index is -0.877. The highest BCUT2D eigenvalue weighted by molar-refractivity contribution is 7.19. The number of rotatable bonds is 6. The van der Waals surface area contributed by atoms with E-state index < -0.39 is 5.97 Å². The summed E-state index contributed by atoms with van der Waals surface area (Å²) in [6.07, 6.45) is 2.15. The van der Waals surface area contributed by atoms with Gasteiger partial charge in [0.1, 0.15) is 5.01 Å². The smallest absolute Gasteiger partial charge is 0.303 e. The molecule has 0 aliphatic heterocycles. The Labute approximate surface area is 159 Å². The Balaban J connectivity index is 2.07. The lowest BCUT2D eigenvalue weighted by Gasteiger charge is -2.08. The van der Waals surface area contributed by atoms with Gasteiger partial charge >= 0.3 is 5.97 Å². The summed E-state index contributed by atoms with van der Waals surface area (Å²) < 4.78 is 6.16. The predicted molar refractivity (Wildman–Crippen MR) is 104 cm³/mol. The van der Waals surface area contributed by atoms with E-state index in [0.29, 0.717) is 12.0 Å². The number of phenols is 1. The zero-order chi connectivity index (χ0) is 18.7. The largest absolute Gasteiger partial charge is 0.503 e. The fourth-order valence-electron chi connectivity index (χ4n) is 2.53. The summed E-state index contributed by atoms with van der Waals surface area (Å²) in [6, 6.07) is 11.0. The van der Waals surface area contributed by atoms with Crippen molar-refractivity contribution in [1.29, 1.82) is 0 Å². The number of thiazole rings is 1. The van der Waals surface area contributed by atoms with Crippen LogP contribution in [-0.2, 0) is 4.79 Å². The normalized spacial score (nSPS) is 11.7. The Kier molecular flexibility index (Phi) is 5.44. The number of hydrogen-bond acceptors (Lipinski definition) is 5. The number of carboxylic acids is 1. The summed E-state index contributed by atoms with van der Waals surface area (Å²) >= 11 is 7.56. The molecular weight excluding hydrogens is 374 g/mol. The predicted octanol–water partition coefficient (Wildman–Crippen LogP) is 5.07. The molecule has 0 aliphatic carbocycles. The minimum absolute atomic E-state index is 0.00922. The number of methoxy groups -OCH3 is 1. The first-order valence-electron chi connectivity index (χ1n) is 7.82. The number of fused-ring (bicyclic) bond motifs is 1. The van der Waals surface area contributed by atoms with Crippen LogP contribution in [0.15, 0.2) is 36.4 Å². The first-order valence-corrected chi connectivity index (χ1v) is 9.02. The third-order valence-electron chi connectivity index (χ3n) is 3.79. The number of nitrogens with zero attached hydrogens (tertiary/aromatic N) is 1. The van der Waals surface area contributed by atoms with Gasteiger partial charge in [-0.05, 0) is 47.9 Å². The van der Waals surface area contributed by atoms with Crippen LogP contribution in [0.25, 0.3) is 21.9 Å². The quantitative estimate of drug-likeness (QED) is 0.615. The number of carbonyl (C=O) groups is 1. The van der Waals surface area contributed by atoms with E-state index >= 15 is 0 Å². The number of hydrogen-bond donors (Lipinski definition) is 2. The number of carboxylic acid groups (broad SMARTS) is 1. The van der Waals surface area contributed by atoms with Gasteiger partial charge in [0.15, 0.2) is 11.5 Å². The van der Waals surface area contributed by atoms with Gasteiger partial charge in [0.25, 0.3) is 0 Å². The lowest BCUT2D eigenvalue weighted by atomic mass is 10.1. The standard InChI is InChI=1S/C19H16ClNO4S/c1-25-15-10-11(9-13(20)18(15)24)8-12(6-7-17(22)23)19-21-14-4-2-3-5-16(14)26-19/h2-5,8-10,24H,6-7H2,1H3,(H,22,23)/b12-8-. The maximum atomic E-state index is 11.0. The second-order valence-electron chi connectivity index (χ2n) is 5.60. The molecule has 0 fully saturated rings. The third kappa shape index (κ3) is 3.98. The molecule has 0 spiro atoms. The fourth-order valence-corrected chi connectivity index (χ4v) is 3.75. The molecule has 0 unspecified atom stereocenters. The molecule has 3 aromatic rings. The number of ether oxygens (including phenoxy) is 1. The highest BCUT2D eigenvalue weighted by Crippen LogP contribution is 2.37. The molecule has 0 saturated heterocycles. The van der Waals surface area contributed by atoms with Crippen LogP contribution in [-0.4, -0.2) is 28.3 Å². The SMILES string of the molecule is COc1cc(/C=C(/CCC(=O)O)c2nc3ccccc3s2)cc(Cl)c1O. The number of benzene rings is 2. The number of allylic oxidation sites excluding steroid dienone is 1. The molecule has 0 aliphatic rings. The summed E-state index contributed by atoms with van der Waals surface area (Å²) in [6.45, 7) is 0. The van der Waals surface area contributed by atoms with Crippen molar-refractivity contribution in [2.45, 2.75) is 12.8 Å². The number of halogens is 1. The van der Waals surface area contributed by atoms with Crippen LogP contribution < -0.4 is 4.74 Å². The summed E-state index contributed by atoms with van der Waals surface area (Å²) in [5, 5.41) is 19.9. The van der Waals surface area contributed by atoms with Crippen LogP contribution in [0.2, 0.25) is 5.02 Å². The molecule has 1 aromatic heterocycles. The van der Waals surface area contributed by atoms with E-state index in [-0.39, 0.29) is 22.9 Å². The average Bonchev–Trinajstić information content (AvgIpc) is 3.05. The van der Waals surface area contributed by atoms with Crippen molar-refractivity contribution in [3.8, 4) is 11.5 Å². The Hall–Kier alpha value is -2.57. The summed E-state index contributed by atoms with van der Waals surface area (Å²) in [7, 11) is 1.44. The zero-order valence-electron chi connectivity index (χ0n) is 13.9. The first kappa shape index (κ1) is 18.2. The Morgan fingerprint density at radius 1 is 1.31 bits per heavy atom. The number of para-hydroxylation sites is 1. The topological polar surface area (TPSA) is 79.7 Å². The maximum Gasteiger partial charge on any atom is 0.303 e. The van der Waals surface area contributed by atoms with Gasteiger partial charge in [-0.1, -0.05) is 23.7 Å². The van der Waals surface area contributed by atoms with E-state index in [1.54, 1.807) is 12.1 Å². The van der Waals surface area contributed by atoms with Crippen LogP contribution in [0.4, 0.5) is 0 Å². The van der Waals surface area contributed by atoms with E-state index in [2.05, 4.69) is 4.98 Å². The van der Waals surface area contributed by atoms with Crippen molar-refractivity contribution in [3.63, 3.8) is 0 Å². The number of aromatic nitrogens is 1. The van der Waals surface area contributed by atoms with E-state index in [1.165, 1.54) is 18.4 Å². The van der Waals surface area contributed by atoms with Gasteiger partial charge in [-0.2, -0.15) is 0 Å². The van der Waals surface area contributed by atoms with Crippen LogP contribution in [0.5, 0.6) is 11.5 Å². The van der Waals surface area contributed by atoms with E-state index in [9.17, 15) is 9.90 Å². The van der Waals surface area contributed by atoms with Gasteiger partial charge in [-0.3, -0.25) is 4.79 Å². The Bertz CT molecular complexity index is 963. The van der Waals surface area contributed by atoms with Gasteiger partial charge in [0.2, 0.25) is 0 Å². The molecule has 0 saturated carbocycles. The van der Waals surface area contributed by atoms with Crippen LogP contribution in [0, 0.1) is 0 Å².